The normalized spacial score (nSPS) is 20.5. The summed E-state index contributed by atoms with van der Waals surface area (Å²) in [6.07, 6.45) is 2.38. The molecule has 1 aliphatic carbocycles. The van der Waals surface area contributed by atoms with Gasteiger partial charge in [0.2, 0.25) is 5.75 Å². The van der Waals surface area contributed by atoms with Gasteiger partial charge in [0, 0.05) is 34.2 Å². The summed E-state index contributed by atoms with van der Waals surface area (Å²) in [5.74, 6) is -3.04. The predicted octanol–water partition coefficient (Wildman–Crippen LogP) is 0.964. The van der Waals surface area contributed by atoms with Crippen LogP contribution in [0.3, 0.4) is 0 Å². The summed E-state index contributed by atoms with van der Waals surface area (Å²) in [4.78, 5) is 58.5. The van der Waals surface area contributed by atoms with Gasteiger partial charge in [0.05, 0.1) is 0 Å². The molecule has 2 aliphatic rings. The van der Waals surface area contributed by atoms with Gasteiger partial charge in [-0.3, -0.25) is 23.7 Å². The predicted molar refractivity (Wildman–Crippen MR) is 123 cm³/mol. The van der Waals surface area contributed by atoms with Crippen LogP contribution in [0, 0.1) is 11.7 Å². The fourth-order valence-electron chi connectivity index (χ4n) is 5.00. The zero-order valence-electron chi connectivity index (χ0n) is 19.9. The van der Waals surface area contributed by atoms with Gasteiger partial charge in [-0.15, -0.1) is 0 Å². The van der Waals surface area contributed by atoms with E-state index in [0.29, 0.717) is 24.8 Å². The highest BCUT2D eigenvalue weighted by Crippen LogP contribution is 2.48. The Bertz CT molecular complexity index is 1240. The van der Waals surface area contributed by atoms with Crippen LogP contribution in [0.5, 0.6) is 5.75 Å². The molecule has 2 aromatic rings. The first kappa shape index (κ1) is 24.4. The number of nitrogens with zero attached hydrogens (tertiary/aromatic N) is 4. The van der Waals surface area contributed by atoms with Crippen LogP contribution in [0.2, 0.25) is 0 Å². The molecule has 0 saturated heterocycles. The molecule has 1 aliphatic heterocycles. The van der Waals surface area contributed by atoms with E-state index in [4.69, 9.17) is 0 Å². The maximum atomic E-state index is 13.1. The quantitative estimate of drug-likeness (QED) is 0.622. The van der Waals surface area contributed by atoms with E-state index >= 15 is 0 Å². The Labute approximate surface area is 201 Å². The molecule has 2 bridgehead atoms. The highest BCUT2D eigenvalue weighted by molar-refractivity contribution is 6.34. The molecular weight excluding hydrogens is 457 g/mol. The lowest BCUT2D eigenvalue weighted by Gasteiger charge is -2.39. The minimum absolute atomic E-state index is 0.0294. The number of hydrogen-bond donors (Lipinski definition) is 2. The van der Waals surface area contributed by atoms with Crippen molar-refractivity contribution in [3.8, 4) is 5.75 Å². The first-order chi connectivity index (χ1) is 16.5. The van der Waals surface area contributed by atoms with Gasteiger partial charge in [0.15, 0.2) is 5.69 Å². The highest BCUT2D eigenvalue weighted by Gasteiger charge is 2.51. The van der Waals surface area contributed by atoms with Crippen LogP contribution in [0.1, 0.15) is 47.6 Å². The zero-order chi connectivity index (χ0) is 25.5. The zero-order valence-corrected chi connectivity index (χ0v) is 19.9. The molecule has 2 atom stereocenters. The van der Waals surface area contributed by atoms with Crippen LogP contribution in [0.15, 0.2) is 29.1 Å². The molecule has 0 radical (unpaired) electrons. The number of rotatable bonds is 4. The third kappa shape index (κ3) is 4.26. The standard InChI is InChI=1S/C24H28FN5O5/c1-28(2)21(34)22(35)29(3)24-10-8-14(12-24)9-11-30-20(33)18(31)17(27-23(24)30)19(32)26-13-15-4-6-16(25)7-5-15/h4-7,14,31H,8-13H2,1-3H3,(H,26,32). The summed E-state index contributed by atoms with van der Waals surface area (Å²) < 4.78 is 14.5. The number of aromatic nitrogens is 2. The van der Waals surface area contributed by atoms with E-state index in [0.717, 1.165) is 6.42 Å². The van der Waals surface area contributed by atoms with E-state index in [-0.39, 0.29) is 24.8 Å². The summed E-state index contributed by atoms with van der Waals surface area (Å²) >= 11 is 0. The third-order valence-corrected chi connectivity index (χ3v) is 7.03. The van der Waals surface area contributed by atoms with Crippen LogP contribution >= 0.6 is 0 Å². The molecule has 35 heavy (non-hydrogen) atoms. The van der Waals surface area contributed by atoms with E-state index in [9.17, 15) is 28.7 Å². The minimum atomic E-state index is -1.07. The van der Waals surface area contributed by atoms with Gasteiger partial charge >= 0.3 is 11.8 Å². The van der Waals surface area contributed by atoms with Gasteiger partial charge in [-0.1, -0.05) is 12.1 Å². The van der Waals surface area contributed by atoms with Crippen molar-refractivity contribution in [3.05, 3.63) is 57.5 Å². The largest absolute Gasteiger partial charge is 0.501 e. The fraction of sp³-hybridized carbons (Fsp3) is 0.458. The number of aromatic hydroxyl groups is 1. The second-order valence-electron chi connectivity index (χ2n) is 9.39. The Kier molecular flexibility index (Phi) is 6.35. The van der Waals surface area contributed by atoms with E-state index in [1.165, 1.54) is 59.8 Å². The summed E-state index contributed by atoms with van der Waals surface area (Å²) in [5.41, 5.74) is -1.67. The maximum absolute atomic E-state index is 13.1. The van der Waals surface area contributed by atoms with Crippen molar-refractivity contribution in [2.45, 2.75) is 44.3 Å². The molecule has 186 valence electrons. The average molecular weight is 486 g/mol. The first-order valence-corrected chi connectivity index (χ1v) is 11.4. The summed E-state index contributed by atoms with van der Waals surface area (Å²) in [7, 11) is 4.47. The molecule has 1 fully saturated rings. The van der Waals surface area contributed by atoms with Crippen molar-refractivity contribution in [1.82, 2.24) is 24.7 Å². The van der Waals surface area contributed by atoms with Crippen molar-refractivity contribution in [3.63, 3.8) is 0 Å². The number of nitrogens with one attached hydrogen (secondary N) is 1. The SMILES string of the molecule is CN(C)C(=O)C(=O)N(C)C12CCC(CCn3c1nc(C(=O)NCc1ccc(F)cc1)c(O)c3=O)C2. The van der Waals surface area contributed by atoms with Gasteiger partial charge in [-0.2, -0.15) is 0 Å². The van der Waals surface area contributed by atoms with Crippen molar-refractivity contribution >= 4 is 17.7 Å². The number of carbonyl (C=O) groups excluding carboxylic acids is 3. The monoisotopic (exact) mass is 485 g/mol. The minimum Gasteiger partial charge on any atom is -0.501 e. The van der Waals surface area contributed by atoms with Crippen LogP contribution in [-0.2, 0) is 28.2 Å². The van der Waals surface area contributed by atoms with Gasteiger partial charge < -0.3 is 20.2 Å². The Morgan fingerprint density at radius 3 is 2.51 bits per heavy atom. The molecule has 1 saturated carbocycles. The fourth-order valence-corrected chi connectivity index (χ4v) is 5.00. The Balaban J connectivity index is 1.74. The lowest BCUT2D eigenvalue weighted by molar-refractivity contribution is -0.153. The van der Waals surface area contributed by atoms with Crippen LogP contribution in [0.4, 0.5) is 4.39 Å². The third-order valence-electron chi connectivity index (χ3n) is 7.03. The Morgan fingerprint density at radius 1 is 1.17 bits per heavy atom. The number of hydrogen-bond acceptors (Lipinski definition) is 6. The molecule has 11 heteroatoms. The number of amides is 3. The number of likely N-dealkylation sites (N-methyl/N-ethyl adjacent to an activating group) is 2. The summed E-state index contributed by atoms with van der Waals surface area (Å²) in [6, 6.07) is 5.53. The van der Waals surface area contributed by atoms with Gasteiger partial charge in [0.1, 0.15) is 17.2 Å². The summed E-state index contributed by atoms with van der Waals surface area (Å²) in [5, 5.41) is 13.2. The molecule has 3 amide bonds. The maximum Gasteiger partial charge on any atom is 0.312 e. The van der Waals surface area contributed by atoms with Crippen LogP contribution < -0.4 is 10.9 Å². The van der Waals surface area contributed by atoms with Gasteiger partial charge in [-0.25, -0.2) is 9.37 Å². The number of halogens is 1. The topological polar surface area (TPSA) is 125 Å². The Hall–Kier alpha value is -3.76. The smallest absolute Gasteiger partial charge is 0.312 e. The molecule has 1 aromatic carbocycles. The molecule has 1 aromatic heterocycles. The second-order valence-corrected chi connectivity index (χ2v) is 9.39. The lowest BCUT2D eigenvalue weighted by atomic mass is 9.92. The molecular formula is C24H28FN5O5. The van der Waals surface area contributed by atoms with Crippen molar-refractivity contribution < 1.29 is 23.9 Å². The van der Waals surface area contributed by atoms with E-state index < -0.39 is 46.1 Å². The molecule has 2 heterocycles. The van der Waals surface area contributed by atoms with Crippen molar-refractivity contribution in [1.29, 1.82) is 0 Å². The second kappa shape index (κ2) is 9.12. The molecule has 2 N–H and O–H groups in total. The number of carbonyl (C=O) groups is 3. The number of fused-ring (bicyclic) bond motifs is 4. The van der Waals surface area contributed by atoms with Gasteiger partial charge in [-0.05, 0) is 49.3 Å². The lowest BCUT2D eigenvalue weighted by Crippen LogP contribution is -2.53. The highest BCUT2D eigenvalue weighted by atomic mass is 19.1. The average Bonchev–Trinajstić information content (AvgIpc) is 3.20. The van der Waals surface area contributed by atoms with E-state index in [2.05, 4.69) is 10.3 Å². The van der Waals surface area contributed by atoms with E-state index in [1.54, 1.807) is 0 Å². The van der Waals surface area contributed by atoms with Crippen LogP contribution in [0.25, 0.3) is 0 Å². The molecule has 0 spiro atoms. The Morgan fingerprint density at radius 2 is 1.86 bits per heavy atom. The van der Waals surface area contributed by atoms with Crippen molar-refractivity contribution in [2.24, 2.45) is 5.92 Å². The molecule has 2 unspecified atom stereocenters. The number of benzene rings is 1. The molecule has 10 nitrogen and oxygen atoms in total. The van der Waals surface area contributed by atoms with Crippen molar-refractivity contribution in [2.75, 3.05) is 21.1 Å². The summed E-state index contributed by atoms with van der Waals surface area (Å²) in [6.45, 7) is 0.309. The van der Waals surface area contributed by atoms with Crippen LogP contribution in [-0.4, -0.2) is 63.3 Å². The first-order valence-electron chi connectivity index (χ1n) is 11.4. The molecule has 4 rings (SSSR count). The van der Waals surface area contributed by atoms with E-state index in [1.807, 2.05) is 0 Å². The van der Waals surface area contributed by atoms with Gasteiger partial charge in [0.25, 0.3) is 11.5 Å².